The van der Waals surface area contributed by atoms with Gasteiger partial charge in [-0.15, -0.1) is 0 Å². The number of aliphatic imine (C=N–C) groups is 1. The van der Waals surface area contributed by atoms with E-state index in [0.717, 1.165) is 12.1 Å². The lowest BCUT2D eigenvalue weighted by atomic mass is 10.1. The van der Waals surface area contributed by atoms with Crippen molar-refractivity contribution < 1.29 is 35.9 Å². The number of ether oxygens (including phenoxy) is 1. The number of para-hydroxylation sites is 1. The van der Waals surface area contributed by atoms with Gasteiger partial charge in [-0.25, -0.2) is 23.0 Å². The van der Waals surface area contributed by atoms with Crippen LogP contribution in [0.25, 0.3) is 10.8 Å². The first-order valence-corrected chi connectivity index (χ1v) is 11.2. The SMILES string of the molecule is NC(N)=Nc1ncc(Cl)c2ccc(S(=O)(=O)N(CC(=O)OC(=O)C(F)(F)F)c3ccccc3)cc12. The maximum absolute atomic E-state index is 13.5. The molecular formula is C20H15ClF3N5O5S. The van der Waals surface area contributed by atoms with Crippen molar-refractivity contribution in [2.24, 2.45) is 16.5 Å². The number of sulfonamides is 1. The molecule has 0 atom stereocenters. The van der Waals surface area contributed by atoms with Crippen molar-refractivity contribution in [3.8, 4) is 0 Å². The molecule has 1 heterocycles. The number of hydrogen-bond donors (Lipinski definition) is 2. The standard InChI is InChI=1S/C20H15ClF3N5O5S/c21-15-9-27-17(28-19(25)26)14-8-12(6-7-13(14)15)35(32,33)29(11-4-2-1-3-5-11)10-16(30)34-18(31)20(22,23)24/h1-9H,10H2,(H4,25,26,27,28). The fraction of sp³-hybridized carbons (Fsp3) is 0.100. The number of fused-ring (bicyclic) bond motifs is 1. The molecule has 0 bridgehead atoms. The lowest BCUT2D eigenvalue weighted by Gasteiger charge is -2.23. The summed E-state index contributed by atoms with van der Waals surface area (Å²) in [5, 5.41) is 0.643. The maximum atomic E-state index is 13.5. The Morgan fingerprint density at radius 2 is 1.74 bits per heavy atom. The summed E-state index contributed by atoms with van der Waals surface area (Å²) >= 11 is 6.13. The molecule has 2 aromatic carbocycles. The summed E-state index contributed by atoms with van der Waals surface area (Å²) in [6.45, 7) is -1.24. The second-order valence-corrected chi connectivity index (χ2v) is 9.05. The molecular weight excluding hydrogens is 515 g/mol. The van der Waals surface area contributed by atoms with Gasteiger partial charge in [0.05, 0.1) is 15.6 Å². The van der Waals surface area contributed by atoms with Crippen LogP contribution in [-0.4, -0.2) is 44.0 Å². The molecule has 0 unspecified atom stereocenters. The van der Waals surface area contributed by atoms with Crippen molar-refractivity contribution >= 4 is 61.8 Å². The Hall–Kier alpha value is -3.91. The largest absolute Gasteiger partial charge is 0.491 e. The Balaban J connectivity index is 2.10. The van der Waals surface area contributed by atoms with Crippen molar-refractivity contribution in [2.45, 2.75) is 11.1 Å². The van der Waals surface area contributed by atoms with E-state index in [4.69, 9.17) is 23.1 Å². The van der Waals surface area contributed by atoms with Gasteiger partial charge >= 0.3 is 18.1 Å². The van der Waals surface area contributed by atoms with Crippen LogP contribution in [0.3, 0.4) is 0 Å². The third-order valence-corrected chi connectivity index (χ3v) is 6.44. The van der Waals surface area contributed by atoms with Crippen LogP contribution in [0.4, 0.5) is 24.7 Å². The summed E-state index contributed by atoms with van der Waals surface area (Å²) in [7, 11) is -4.61. The molecule has 35 heavy (non-hydrogen) atoms. The van der Waals surface area contributed by atoms with Crippen LogP contribution in [0.1, 0.15) is 0 Å². The van der Waals surface area contributed by atoms with Gasteiger partial charge in [0.1, 0.15) is 6.54 Å². The number of pyridine rings is 1. The van der Waals surface area contributed by atoms with Crippen LogP contribution in [-0.2, 0) is 24.3 Å². The average molecular weight is 530 g/mol. The zero-order chi connectivity index (χ0) is 26.0. The summed E-state index contributed by atoms with van der Waals surface area (Å²) < 4.78 is 68.6. The van der Waals surface area contributed by atoms with Crippen molar-refractivity contribution in [1.82, 2.24) is 4.98 Å². The van der Waals surface area contributed by atoms with Gasteiger partial charge in [0.25, 0.3) is 10.0 Å². The minimum atomic E-state index is -5.45. The zero-order valence-electron chi connectivity index (χ0n) is 17.4. The van der Waals surface area contributed by atoms with E-state index in [1.807, 2.05) is 0 Å². The van der Waals surface area contributed by atoms with Gasteiger partial charge in [-0.3, -0.25) is 4.31 Å². The molecule has 0 spiro atoms. The van der Waals surface area contributed by atoms with E-state index in [0.29, 0.717) is 9.69 Å². The molecule has 3 rings (SSSR count). The number of carbonyl (C=O) groups excluding carboxylic acids is 2. The minimum Gasteiger partial charge on any atom is -0.385 e. The Morgan fingerprint density at radius 3 is 2.34 bits per heavy atom. The molecule has 0 radical (unpaired) electrons. The van der Waals surface area contributed by atoms with Crippen LogP contribution in [0.2, 0.25) is 5.02 Å². The fourth-order valence-corrected chi connectivity index (χ4v) is 4.54. The Bertz CT molecular complexity index is 1430. The molecule has 0 aliphatic rings. The third kappa shape index (κ3) is 5.78. The number of nitrogens with two attached hydrogens (primary N) is 2. The van der Waals surface area contributed by atoms with Gasteiger partial charge in [0.15, 0.2) is 11.8 Å². The summed E-state index contributed by atoms with van der Waals surface area (Å²) in [5.74, 6) is -4.94. The normalized spacial score (nSPS) is 11.7. The van der Waals surface area contributed by atoms with Gasteiger partial charge < -0.3 is 16.2 Å². The number of halogens is 4. The molecule has 0 saturated carbocycles. The van der Waals surface area contributed by atoms with E-state index in [1.54, 1.807) is 6.07 Å². The fourth-order valence-electron chi connectivity index (χ4n) is 2.89. The highest BCUT2D eigenvalue weighted by atomic mass is 35.5. The van der Waals surface area contributed by atoms with Gasteiger partial charge in [-0.1, -0.05) is 35.9 Å². The van der Waals surface area contributed by atoms with Crippen LogP contribution in [0, 0.1) is 0 Å². The maximum Gasteiger partial charge on any atom is 0.491 e. The molecule has 184 valence electrons. The van der Waals surface area contributed by atoms with E-state index in [1.165, 1.54) is 36.5 Å². The van der Waals surface area contributed by atoms with Crippen LogP contribution in [0.15, 0.2) is 64.6 Å². The number of alkyl halides is 3. The van der Waals surface area contributed by atoms with Crippen LogP contribution >= 0.6 is 11.6 Å². The van der Waals surface area contributed by atoms with Crippen LogP contribution in [0.5, 0.6) is 0 Å². The monoisotopic (exact) mass is 529 g/mol. The number of aromatic nitrogens is 1. The average Bonchev–Trinajstić information content (AvgIpc) is 2.78. The smallest absolute Gasteiger partial charge is 0.385 e. The molecule has 0 aliphatic heterocycles. The Morgan fingerprint density at radius 1 is 1.09 bits per heavy atom. The lowest BCUT2D eigenvalue weighted by molar-refractivity contribution is -0.201. The second kappa shape index (κ2) is 9.76. The number of rotatable bonds is 6. The number of nitrogens with zero attached hydrogens (tertiary/aromatic N) is 3. The predicted molar refractivity (Wildman–Crippen MR) is 120 cm³/mol. The first-order valence-electron chi connectivity index (χ1n) is 9.38. The van der Waals surface area contributed by atoms with Crippen LogP contribution < -0.4 is 15.8 Å². The molecule has 0 amide bonds. The van der Waals surface area contributed by atoms with Crippen molar-refractivity contribution in [3.63, 3.8) is 0 Å². The first-order chi connectivity index (χ1) is 16.3. The predicted octanol–water partition coefficient (Wildman–Crippen LogP) is 2.62. The second-order valence-electron chi connectivity index (χ2n) is 6.78. The first kappa shape index (κ1) is 25.7. The van der Waals surface area contributed by atoms with E-state index < -0.39 is 39.6 Å². The van der Waals surface area contributed by atoms with Gasteiger partial charge in [0.2, 0.25) is 0 Å². The van der Waals surface area contributed by atoms with E-state index in [9.17, 15) is 31.2 Å². The highest BCUT2D eigenvalue weighted by molar-refractivity contribution is 7.92. The number of guanidine groups is 1. The van der Waals surface area contributed by atoms with E-state index in [2.05, 4.69) is 14.7 Å². The van der Waals surface area contributed by atoms with Crippen molar-refractivity contribution in [1.29, 1.82) is 0 Å². The zero-order valence-corrected chi connectivity index (χ0v) is 18.9. The highest BCUT2D eigenvalue weighted by Gasteiger charge is 2.43. The minimum absolute atomic E-state index is 0.0529. The quantitative estimate of drug-likeness (QED) is 0.213. The molecule has 15 heteroatoms. The number of carbonyl (C=O) groups is 2. The summed E-state index contributed by atoms with van der Waals surface area (Å²) in [6, 6.07) is 10.6. The molecule has 10 nitrogen and oxygen atoms in total. The molecule has 0 fully saturated rings. The number of hydrogen-bond acceptors (Lipinski definition) is 7. The molecule has 4 N–H and O–H groups in total. The Labute approximate surface area is 201 Å². The Kier molecular flexibility index (Phi) is 7.17. The molecule has 0 aliphatic carbocycles. The lowest BCUT2D eigenvalue weighted by Crippen LogP contribution is -2.39. The molecule has 3 aromatic rings. The third-order valence-electron chi connectivity index (χ3n) is 4.37. The summed E-state index contributed by atoms with van der Waals surface area (Å²) in [6.07, 6.45) is -4.19. The molecule has 0 saturated heterocycles. The van der Waals surface area contributed by atoms with E-state index in [-0.39, 0.29) is 27.9 Å². The van der Waals surface area contributed by atoms with Gasteiger partial charge in [0, 0.05) is 17.0 Å². The molecule has 1 aromatic heterocycles. The van der Waals surface area contributed by atoms with E-state index >= 15 is 0 Å². The highest BCUT2D eigenvalue weighted by Crippen LogP contribution is 2.33. The van der Waals surface area contributed by atoms with Gasteiger partial charge in [-0.2, -0.15) is 18.2 Å². The summed E-state index contributed by atoms with van der Waals surface area (Å²) in [4.78, 5) is 30.5. The van der Waals surface area contributed by atoms with Crippen molar-refractivity contribution in [2.75, 3.05) is 10.8 Å². The number of anilines is 1. The van der Waals surface area contributed by atoms with Gasteiger partial charge in [-0.05, 0) is 24.3 Å². The topological polar surface area (TPSA) is 158 Å². The number of esters is 2. The summed E-state index contributed by atoms with van der Waals surface area (Å²) in [5.41, 5.74) is 10.7. The van der Waals surface area contributed by atoms with Crippen molar-refractivity contribution in [3.05, 3.63) is 59.8 Å². The number of benzene rings is 2.